The van der Waals surface area contributed by atoms with Gasteiger partial charge in [0.15, 0.2) is 5.16 Å². The van der Waals surface area contributed by atoms with Crippen LogP contribution in [0.1, 0.15) is 18.5 Å². The van der Waals surface area contributed by atoms with Crippen LogP contribution in [0.4, 0.5) is 13.2 Å². The summed E-state index contributed by atoms with van der Waals surface area (Å²) in [7, 11) is 1.62. The second-order valence-electron chi connectivity index (χ2n) is 7.67. The SMILES string of the molecule is C[C@@H](c1ccc(F)cc1)N(C)C(=O)CSc1nc2ccccc2c(=O)n1-c1ccc(F)cc1F. The van der Waals surface area contributed by atoms with E-state index in [-0.39, 0.29) is 39.7 Å². The van der Waals surface area contributed by atoms with Gasteiger partial charge in [-0.15, -0.1) is 0 Å². The molecule has 1 heterocycles. The smallest absolute Gasteiger partial charge is 0.266 e. The van der Waals surface area contributed by atoms with Crippen LogP contribution in [0.25, 0.3) is 16.6 Å². The van der Waals surface area contributed by atoms with Gasteiger partial charge in [-0.2, -0.15) is 0 Å². The summed E-state index contributed by atoms with van der Waals surface area (Å²) in [4.78, 5) is 32.1. The molecule has 174 valence electrons. The average molecular weight is 484 g/mol. The van der Waals surface area contributed by atoms with Crippen molar-refractivity contribution in [2.24, 2.45) is 0 Å². The Kier molecular flexibility index (Phi) is 6.74. The molecule has 0 aliphatic carbocycles. The second-order valence-corrected chi connectivity index (χ2v) is 8.61. The van der Waals surface area contributed by atoms with Crippen molar-refractivity contribution in [3.05, 3.63) is 100 Å². The number of rotatable bonds is 6. The molecule has 4 aromatic rings. The first kappa shape index (κ1) is 23.6. The molecule has 0 aliphatic rings. The van der Waals surface area contributed by atoms with E-state index in [2.05, 4.69) is 4.98 Å². The molecule has 0 N–H and O–H groups in total. The van der Waals surface area contributed by atoms with Crippen molar-refractivity contribution in [3.63, 3.8) is 0 Å². The highest BCUT2D eigenvalue weighted by Crippen LogP contribution is 2.25. The summed E-state index contributed by atoms with van der Waals surface area (Å²) < 4.78 is 42.4. The average Bonchev–Trinajstić information content (AvgIpc) is 2.83. The summed E-state index contributed by atoms with van der Waals surface area (Å²) >= 11 is 0.975. The van der Waals surface area contributed by atoms with E-state index in [4.69, 9.17) is 0 Å². The monoisotopic (exact) mass is 483 g/mol. The fraction of sp³-hybridized carbons (Fsp3) is 0.160. The molecule has 0 saturated carbocycles. The van der Waals surface area contributed by atoms with Crippen LogP contribution in [-0.2, 0) is 4.79 Å². The number of carbonyl (C=O) groups is 1. The molecule has 0 spiro atoms. The van der Waals surface area contributed by atoms with Gasteiger partial charge < -0.3 is 4.90 Å². The Balaban J connectivity index is 1.66. The quantitative estimate of drug-likeness (QED) is 0.282. The number of fused-ring (bicyclic) bond motifs is 1. The number of benzene rings is 3. The molecule has 0 saturated heterocycles. The summed E-state index contributed by atoms with van der Waals surface area (Å²) in [5.41, 5.74) is 0.470. The summed E-state index contributed by atoms with van der Waals surface area (Å²) in [5, 5.41) is 0.370. The molecule has 1 amide bonds. The lowest BCUT2D eigenvalue weighted by Crippen LogP contribution is -2.31. The second kappa shape index (κ2) is 9.72. The first-order valence-corrected chi connectivity index (χ1v) is 11.4. The van der Waals surface area contributed by atoms with Crippen LogP contribution >= 0.6 is 11.8 Å². The van der Waals surface area contributed by atoms with Gasteiger partial charge in [0, 0.05) is 13.1 Å². The minimum absolute atomic E-state index is 0.0877. The fourth-order valence-corrected chi connectivity index (χ4v) is 4.42. The highest BCUT2D eigenvalue weighted by molar-refractivity contribution is 7.99. The Morgan fingerprint density at radius 1 is 1.03 bits per heavy atom. The number of aromatic nitrogens is 2. The van der Waals surface area contributed by atoms with Crippen LogP contribution in [0, 0.1) is 17.5 Å². The van der Waals surface area contributed by atoms with E-state index in [1.54, 1.807) is 43.4 Å². The first-order chi connectivity index (χ1) is 16.3. The van der Waals surface area contributed by atoms with Crippen molar-refractivity contribution in [2.45, 2.75) is 18.1 Å². The Morgan fingerprint density at radius 2 is 1.71 bits per heavy atom. The molecule has 0 radical (unpaired) electrons. The highest BCUT2D eigenvalue weighted by atomic mass is 32.2. The van der Waals surface area contributed by atoms with Gasteiger partial charge in [0.2, 0.25) is 5.91 Å². The Morgan fingerprint density at radius 3 is 2.41 bits per heavy atom. The predicted octanol–water partition coefficient (Wildman–Crippen LogP) is 5.11. The van der Waals surface area contributed by atoms with E-state index < -0.39 is 17.2 Å². The maximum absolute atomic E-state index is 14.6. The van der Waals surface area contributed by atoms with E-state index in [1.165, 1.54) is 17.0 Å². The van der Waals surface area contributed by atoms with Crippen molar-refractivity contribution in [1.82, 2.24) is 14.5 Å². The van der Waals surface area contributed by atoms with Gasteiger partial charge in [0.05, 0.1) is 28.4 Å². The molecular formula is C25H20F3N3O2S. The lowest BCUT2D eigenvalue weighted by molar-refractivity contribution is -0.128. The van der Waals surface area contributed by atoms with Gasteiger partial charge in [-0.3, -0.25) is 14.2 Å². The zero-order chi connectivity index (χ0) is 24.4. The minimum Gasteiger partial charge on any atom is -0.338 e. The molecule has 9 heteroatoms. The lowest BCUT2D eigenvalue weighted by Gasteiger charge is -2.25. The van der Waals surface area contributed by atoms with E-state index in [1.807, 2.05) is 6.92 Å². The topological polar surface area (TPSA) is 55.2 Å². The highest BCUT2D eigenvalue weighted by Gasteiger charge is 2.21. The molecule has 34 heavy (non-hydrogen) atoms. The maximum atomic E-state index is 14.6. The zero-order valence-corrected chi connectivity index (χ0v) is 19.2. The Bertz CT molecular complexity index is 1420. The van der Waals surface area contributed by atoms with Gasteiger partial charge in [0.1, 0.15) is 17.5 Å². The van der Waals surface area contributed by atoms with Crippen LogP contribution in [-0.4, -0.2) is 33.2 Å². The van der Waals surface area contributed by atoms with Crippen LogP contribution in [0.5, 0.6) is 0 Å². The summed E-state index contributed by atoms with van der Waals surface area (Å²) in [6.45, 7) is 1.81. The van der Waals surface area contributed by atoms with Gasteiger partial charge in [0.25, 0.3) is 5.56 Å². The van der Waals surface area contributed by atoms with Crippen molar-refractivity contribution >= 4 is 28.6 Å². The molecule has 1 aromatic heterocycles. The number of halogens is 3. The van der Waals surface area contributed by atoms with Crippen molar-refractivity contribution < 1.29 is 18.0 Å². The number of hydrogen-bond donors (Lipinski definition) is 0. The molecule has 4 rings (SSSR count). The number of amides is 1. The third-order valence-corrected chi connectivity index (χ3v) is 6.47. The van der Waals surface area contributed by atoms with Crippen LogP contribution < -0.4 is 5.56 Å². The van der Waals surface area contributed by atoms with Crippen molar-refractivity contribution in [2.75, 3.05) is 12.8 Å². The van der Waals surface area contributed by atoms with Crippen LogP contribution in [0.15, 0.2) is 76.7 Å². The number of nitrogens with zero attached hydrogens (tertiary/aromatic N) is 3. The normalized spacial score (nSPS) is 12.0. The van der Waals surface area contributed by atoms with Gasteiger partial charge in [-0.25, -0.2) is 18.2 Å². The maximum Gasteiger partial charge on any atom is 0.266 e. The molecule has 3 aromatic carbocycles. The summed E-state index contributed by atoms with van der Waals surface area (Å²) in [5.74, 6) is -2.42. The fourth-order valence-electron chi connectivity index (χ4n) is 3.49. The number of carbonyl (C=O) groups excluding carboxylic acids is 1. The molecule has 0 fully saturated rings. The molecule has 0 bridgehead atoms. The number of thioether (sulfide) groups is 1. The molecule has 5 nitrogen and oxygen atoms in total. The van der Waals surface area contributed by atoms with Crippen LogP contribution in [0.2, 0.25) is 0 Å². The molecular weight excluding hydrogens is 463 g/mol. The van der Waals surface area contributed by atoms with Crippen molar-refractivity contribution in [3.8, 4) is 5.69 Å². The first-order valence-electron chi connectivity index (χ1n) is 10.4. The molecule has 0 aliphatic heterocycles. The van der Waals surface area contributed by atoms with E-state index in [0.29, 0.717) is 11.6 Å². The van der Waals surface area contributed by atoms with Crippen LogP contribution in [0.3, 0.4) is 0 Å². The Labute approximate surface area is 197 Å². The summed E-state index contributed by atoms with van der Waals surface area (Å²) in [6, 6.07) is 15.1. The Hall–Kier alpha value is -3.59. The van der Waals surface area contributed by atoms with Gasteiger partial charge in [-0.1, -0.05) is 36.0 Å². The summed E-state index contributed by atoms with van der Waals surface area (Å²) in [6.07, 6.45) is 0. The molecule has 0 unspecified atom stereocenters. The lowest BCUT2D eigenvalue weighted by atomic mass is 10.1. The predicted molar refractivity (Wildman–Crippen MR) is 126 cm³/mol. The number of para-hydroxylation sites is 1. The van der Waals surface area contributed by atoms with E-state index in [9.17, 15) is 22.8 Å². The zero-order valence-electron chi connectivity index (χ0n) is 18.3. The number of hydrogen-bond acceptors (Lipinski definition) is 4. The van der Waals surface area contributed by atoms with E-state index >= 15 is 0 Å². The minimum atomic E-state index is -0.922. The van der Waals surface area contributed by atoms with E-state index in [0.717, 1.165) is 34.0 Å². The third-order valence-electron chi connectivity index (χ3n) is 5.55. The third kappa shape index (κ3) is 4.70. The molecule has 1 atom stereocenters. The standard InChI is InChI=1S/C25H20F3N3O2S/c1-15(16-7-9-17(26)10-8-16)30(2)23(32)14-34-25-29-21-6-4-3-5-19(21)24(33)31(25)22-12-11-18(27)13-20(22)28/h3-13,15H,14H2,1-2H3/t15-/m0/s1. The van der Waals surface area contributed by atoms with Crippen molar-refractivity contribution in [1.29, 1.82) is 0 Å². The van der Waals surface area contributed by atoms with Gasteiger partial charge in [-0.05, 0) is 48.9 Å². The largest absolute Gasteiger partial charge is 0.338 e. The van der Waals surface area contributed by atoms with Gasteiger partial charge >= 0.3 is 0 Å².